The summed E-state index contributed by atoms with van der Waals surface area (Å²) in [6, 6.07) is 0. The second kappa shape index (κ2) is 34.7. The van der Waals surface area contributed by atoms with Gasteiger partial charge in [0.1, 0.15) is 0 Å². The van der Waals surface area contributed by atoms with Crippen molar-refractivity contribution < 1.29 is 66.8 Å². The number of rotatable bonds is 0. The first-order chi connectivity index (χ1) is 5.46. The molecule has 0 atom stereocenters. The fourth-order valence-electron chi connectivity index (χ4n) is 0. The van der Waals surface area contributed by atoms with Crippen molar-refractivity contribution in [2.24, 2.45) is 0 Å². The van der Waals surface area contributed by atoms with Crippen LogP contribution in [-0.4, -0.2) is 44.4 Å². The molecule has 0 bridgehead atoms. The first kappa shape index (κ1) is 49.7. The van der Waals surface area contributed by atoms with E-state index in [-0.39, 0.29) is 105 Å². The summed E-state index contributed by atoms with van der Waals surface area (Å²) in [5.74, 6) is -1.20. The molecule has 0 aliphatic rings. The van der Waals surface area contributed by atoms with Crippen molar-refractivity contribution in [1.82, 2.24) is 3.46 Å². The monoisotopic (exact) mass is 575 g/mol. The summed E-state index contributed by atoms with van der Waals surface area (Å²) in [7, 11) is 0. The molecule has 0 aromatic rings. The molecule has 0 aliphatic heterocycles. The molecule has 17 heteroatoms. The van der Waals surface area contributed by atoms with Crippen molar-refractivity contribution in [2.75, 3.05) is 0 Å². The van der Waals surface area contributed by atoms with Crippen LogP contribution >= 0.6 is 121 Å². The molecule has 0 aromatic heterocycles. The molecule has 0 amide bonds. The van der Waals surface area contributed by atoms with Crippen molar-refractivity contribution in [1.29, 1.82) is 0 Å². The molecule has 0 rings (SSSR count). The van der Waals surface area contributed by atoms with E-state index < -0.39 is 9.23 Å². The number of hydrogen-bond donors (Lipinski definition) is 0. The minimum atomic E-state index is -1.61. The maximum absolute atomic E-state index is 4.87. The Kier molecular flexibility index (Phi) is 95.8. The summed E-state index contributed by atoms with van der Waals surface area (Å²) >= 11 is 47.8. The number of hydrogen-bond acceptors (Lipinski definition) is 1. The molecule has 0 fully saturated rings. The largest absolute Gasteiger partial charge is 2.00 e. The zero-order chi connectivity index (χ0) is 11.7. The van der Waals surface area contributed by atoms with Gasteiger partial charge in [-0.2, -0.15) is 0 Å². The molecule has 0 spiro atoms. The fraction of sp³-hybridized carbons (Fsp3) is 1.00. The molecular formula is CCaCl13NNaP. The van der Waals surface area contributed by atoms with Gasteiger partial charge in [0.15, 0.2) is 5.98 Å². The third-order valence-electron chi connectivity index (χ3n) is 0. The molecule has 0 saturated heterocycles. The van der Waals surface area contributed by atoms with Crippen LogP contribution in [0.4, 0.5) is 0 Å². The Balaban J connectivity index is -0.0000000123. The summed E-state index contributed by atoms with van der Waals surface area (Å²) < 4.78 is -1.19. The zero-order valence-electron chi connectivity index (χ0n) is 8.02. The van der Waals surface area contributed by atoms with Crippen LogP contribution in [0, 0.1) is 0 Å². The van der Waals surface area contributed by atoms with E-state index in [0.717, 1.165) is 0 Å². The van der Waals surface area contributed by atoms with Crippen molar-refractivity contribution in [3.8, 4) is 0 Å². The van der Waals surface area contributed by atoms with E-state index in [4.69, 9.17) is 80.1 Å². The maximum Gasteiger partial charge on any atom is 2.00 e. The van der Waals surface area contributed by atoms with Gasteiger partial charge in [0.2, 0.25) is 0 Å². The van der Waals surface area contributed by atoms with Gasteiger partial charge in [-0.3, -0.25) is 0 Å². The van der Waals surface area contributed by atoms with Gasteiger partial charge in [0, 0.05) is 35.3 Å². The first-order valence-electron chi connectivity index (χ1n) is 1.77. The quantitative estimate of drug-likeness (QED) is 0.120. The Labute approximate surface area is 228 Å². The summed E-state index contributed by atoms with van der Waals surface area (Å²) in [4.78, 5) is 0. The van der Waals surface area contributed by atoms with Gasteiger partial charge in [-0.25, -0.2) is 0 Å². The third-order valence-corrected chi connectivity index (χ3v) is 0. The average molecular weight is 581 g/mol. The van der Waals surface area contributed by atoms with Crippen LogP contribution in [0.1, 0.15) is 0 Å². The van der Waals surface area contributed by atoms with E-state index in [0.29, 0.717) is 3.46 Å². The van der Waals surface area contributed by atoms with Gasteiger partial charge >= 0.3 is 67.3 Å². The third kappa shape index (κ3) is 250. The van der Waals surface area contributed by atoms with Crippen molar-refractivity contribution in [3.05, 3.63) is 0 Å². The summed E-state index contributed by atoms with van der Waals surface area (Å²) in [6.45, 7) is 0. The van der Waals surface area contributed by atoms with E-state index in [2.05, 4.69) is 35.3 Å². The van der Waals surface area contributed by atoms with Crippen LogP contribution in [0.15, 0.2) is 0 Å². The number of alkyl halides is 4. The predicted molar refractivity (Wildman–Crippen MR) is 75.8 cm³/mol. The smallest absolute Gasteiger partial charge is 1.00 e. The standard InChI is InChI=1S/CCl4.Ca.Cl3N.Cl3P.3ClH.Na/c2-1(3,4)5;;2*1-4(2)3;;;;/h;;;;3*1H;/q;+2;;;;;;+1/p-3. The van der Waals surface area contributed by atoms with E-state index in [1.165, 1.54) is 0 Å². The maximum atomic E-state index is 4.87. The molecule has 18 heavy (non-hydrogen) atoms. The summed E-state index contributed by atoms with van der Waals surface area (Å²) in [5, 5.41) is 0. The van der Waals surface area contributed by atoms with Crippen molar-refractivity contribution >= 4 is 159 Å². The van der Waals surface area contributed by atoms with Gasteiger partial charge in [-0.15, -0.1) is 0 Å². The second-order valence-corrected chi connectivity index (χ2v) is 10.8. The van der Waals surface area contributed by atoms with Crippen LogP contribution in [0.25, 0.3) is 0 Å². The molecule has 0 radical (unpaired) electrons. The van der Waals surface area contributed by atoms with Crippen LogP contribution < -0.4 is 66.8 Å². The fourth-order valence-corrected chi connectivity index (χ4v) is 0. The molecule has 0 N–H and O–H groups in total. The van der Waals surface area contributed by atoms with E-state index in [1.807, 2.05) is 0 Å². The van der Waals surface area contributed by atoms with E-state index in [9.17, 15) is 0 Å². The van der Waals surface area contributed by atoms with Gasteiger partial charge in [-0.05, 0) is 3.46 Å². The van der Waals surface area contributed by atoms with Crippen LogP contribution in [-0.2, 0) is 0 Å². The van der Waals surface area contributed by atoms with Crippen LogP contribution in [0.2, 0.25) is 0 Å². The molecule has 0 heterocycles. The molecule has 0 aromatic carbocycles. The SMILES string of the molecule is ClC(Cl)(Cl)Cl.ClN(Cl)Cl.ClP(Cl)Cl.[Ca+2].[Cl-].[Cl-].[Cl-].[Na+]. The average Bonchev–Trinajstić information content (AvgIpc) is 1.50. The molecule has 108 valence electrons. The Morgan fingerprint density at radius 3 is 0.722 bits per heavy atom. The zero-order valence-corrected chi connectivity index (χ0v) is 22.9. The van der Waals surface area contributed by atoms with Crippen molar-refractivity contribution in [3.63, 3.8) is 0 Å². The second-order valence-electron chi connectivity index (χ2n) is 0.812. The molecule has 0 aliphatic carbocycles. The van der Waals surface area contributed by atoms with Crippen LogP contribution in [0.5, 0.6) is 0 Å². The van der Waals surface area contributed by atoms with Crippen LogP contribution in [0.3, 0.4) is 0 Å². The predicted octanol–water partition coefficient (Wildman–Crippen LogP) is -5.13. The van der Waals surface area contributed by atoms with E-state index in [1.54, 1.807) is 0 Å². The Bertz CT molecular complexity index is 82.0. The molecule has 1 nitrogen and oxygen atoms in total. The minimum Gasteiger partial charge on any atom is -1.00 e. The Morgan fingerprint density at radius 1 is 0.722 bits per heavy atom. The Morgan fingerprint density at radius 2 is 0.722 bits per heavy atom. The molecular weight excluding hydrogens is 581 g/mol. The first-order valence-corrected chi connectivity index (χ1v) is 8.35. The minimum absolute atomic E-state index is 0. The molecule has 0 saturated carbocycles. The van der Waals surface area contributed by atoms with Gasteiger partial charge in [-0.1, -0.05) is 80.1 Å². The van der Waals surface area contributed by atoms with Crippen molar-refractivity contribution in [2.45, 2.75) is 3.25 Å². The van der Waals surface area contributed by atoms with Gasteiger partial charge in [0.05, 0.1) is 0 Å². The van der Waals surface area contributed by atoms with Gasteiger partial charge in [0.25, 0.3) is 3.25 Å². The topological polar surface area (TPSA) is 3.24 Å². The molecule has 0 unspecified atom stereocenters. The summed E-state index contributed by atoms with van der Waals surface area (Å²) in [5.41, 5.74) is 0. The number of nitrogens with zero attached hydrogens (tertiary/aromatic N) is 1. The van der Waals surface area contributed by atoms with Gasteiger partial charge < -0.3 is 37.2 Å². The summed E-state index contributed by atoms with van der Waals surface area (Å²) in [6.07, 6.45) is 0. The Hall–Kier alpha value is 6.42. The van der Waals surface area contributed by atoms with E-state index >= 15 is 0 Å². The normalized spacial score (nSPS) is 7.33. The number of halogens is 13.